The first-order valence-corrected chi connectivity index (χ1v) is 10.0. The van der Waals surface area contributed by atoms with Crippen LogP contribution in [-0.4, -0.2) is 15.8 Å². The van der Waals surface area contributed by atoms with E-state index in [4.69, 9.17) is 9.84 Å². The smallest absolute Gasteiger partial charge is 0.489 e. The van der Waals surface area contributed by atoms with E-state index in [-0.39, 0.29) is 24.0 Å². The molecule has 0 aliphatic carbocycles. The fraction of sp³-hybridized carbons (Fsp3) is 0.0870. The van der Waals surface area contributed by atoms with Crippen molar-refractivity contribution in [1.29, 1.82) is 0 Å². The molecule has 4 aromatic rings. The molecule has 0 atom stereocenters. The molecular weight excluding hydrogens is 472 g/mol. The lowest BCUT2D eigenvalue weighted by Crippen LogP contribution is -2.04. The fourth-order valence-corrected chi connectivity index (χ4v) is 3.69. The monoisotopic (exact) mass is 487 g/mol. The molecule has 31 heavy (non-hydrogen) atoms. The molecule has 0 radical (unpaired) electrons. The van der Waals surface area contributed by atoms with E-state index in [0.29, 0.717) is 22.3 Å². The first-order valence-electron chi connectivity index (χ1n) is 9.24. The van der Waals surface area contributed by atoms with E-state index in [2.05, 4.69) is 20.7 Å². The molecule has 1 heterocycles. The minimum atomic E-state index is -1.38. The molecule has 0 amide bonds. The van der Waals surface area contributed by atoms with Crippen LogP contribution >= 0.6 is 15.9 Å². The van der Waals surface area contributed by atoms with Gasteiger partial charge in [0.05, 0.1) is 11.0 Å². The van der Waals surface area contributed by atoms with E-state index in [1.807, 2.05) is 16.8 Å². The first kappa shape index (κ1) is 20.9. The third-order valence-corrected chi connectivity index (χ3v) is 5.30. The van der Waals surface area contributed by atoms with E-state index in [0.717, 1.165) is 16.5 Å². The van der Waals surface area contributed by atoms with Gasteiger partial charge in [0.15, 0.2) is 0 Å². The van der Waals surface area contributed by atoms with E-state index in [1.165, 1.54) is 18.2 Å². The number of fused-ring (bicyclic) bond motifs is 1. The molecular formula is C23H16BrF2NO4. The van der Waals surface area contributed by atoms with Crippen LogP contribution in [-0.2, 0) is 13.2 Å². The largest absolute Gasteiger partial charge is 0.511 e. The summed E-state index contributed by atoms with van der Waals surface area (Å²) < 4.78 is 40.2. The second-order valence-corrected chi connectivity index (χ2v) is 7.68. The van der Waals surface area contributed by atoms with Crippen LogP contribution in [0.2, 0.25) is 0 Å². The number of carbonyl (C=O) groups is 1. The summed E-state index contributed by atoms with van der Waals surface area (Å²) in [6, 6.07) is 15.6. The molecule has 0 aliphatic heterocycles. The number of carboxylic acid groups (broad SMARTS) is 1. The molecule has 158 valence electrons. The summed E-state index contributed by atoms with van der Waals surface area (Å²) in [5, 5.41) is 9.55. The van der Waals surface area contributed by atoms with Crippen LogP contribution < -0.4 is 9.47 Å². The Morgan fingerprint density at radius 1 is 1.03 bits per heavy atom. The molecule has 4 rings (SSSR count). The quantitative estimate of drug-likeness (QED) is 0.253. The predicted molar refractivity (Wildman–Crippen MR) is 115 cm³/mol. The lowest BCUT2D eigenvalue weighted by molar-refractivity contribution is 0.144. The highest BCUT2D eigenvalue weighted by Crippen LogP contribution is 2.27. The first-order chi connectivity index (χ1) is 14.9. The topological polar surface area (TPSA) is 60.7 Å². The molecule has 0 bridgehead atoms. The SMILES string of the molecule is O=C(O)Oc1ccc2c(ccn2Cc2cc(F)ccc2OCc2ccc(F)c(Br)c2)c1. The van der Waals surface area contributed by atoms with Crippen LogP contribution in [0.3, 0.4) is 0 Å². The molecule has 0 fully saturated rings. The number of rotatable bonds is 6. The minimum Gasteiger partial charge on any atom is -0.489 e. The Morgan fingerprint density at radius 2 is 1.87 bits per heavy atom. The molecule has 0 saturated carbocycles. The molecule has 0 saturated heterocycles. The van der Waals surface area contributed by atoms with Crippen LogP contribution in [0.5, 0.6) is 11.5 Å². The van der Waals surface area contributed by atoms with E-state index < -0.39 is 6.16 Å². The van der Waals surface area contributed by atoms with Crippen molar-refractivity contribution >= 4 is 33.0 Å². The molecule has 8 heteroatoms. The van der Waals surface area contributed by atoms with E-state index in [9.17, 15) is 13.6 Å². The number of aromatic nitrogens is 1. The van der Waals surface area contributed by atoms with Crippen LogP contribution in [0.1, 0.15) is 11.1 Å². The molecule has 1 aromatic heterocycles. The average Bonchev–Trinajstić information content (AvgIpc) is 3.11. The van der Waals surface area contributed by atoms with Crippen LogP contribution in [0.15, 0.2) is 71.3 Å². The Labute approximate surface area is 184 Å². The van der Waals surface area contributed by atoms with Crippen molar-refractivity contribution in [3.05, 3.63) is 94.1 Å². The summed E-state index contributed by atoms with van der Waals surface area (Å²) in [4.78, 5) is 10.7. The molecule has 1 N–H and O–H groups in total. The number of benzene rings is 3. The summed E-state index contributed by atoms with van der Waals surface area (Å²) in [7, 11) is 0. The molecule has 0 spiro atoms. The van der Waals surface area contributed by atoms with Gasteiger partial charge >= 0.3 is 6.16 Å². The Bertz CT molecular complexity index is 1270. The number of hydrogen-bond donors (Lipinski definition) is 1. The maximum Gasteiger partial charge on any atom is 0.511 e. The minimum absolute atomic E-state index is 0.194. The number of nitrogens with zero attached hydrogens (tertiary/aromatic N) is 1. The Hall–Kier alpha value is -3.39. The maximum atomic E-state index is 13.9. The van der Waals surface area contributed by atoms with Crippen molar-refractivity contribution in [2.24, 2.45) is 0 Å². The lowest BCUT2D eigenvalue weighted by atomic mass is 10.1. The van der Waals surface area contributed by atoms with Gasteiger partial charge in [-0.3, -0.25) is 0 Å². The van der Waals surface area contributed by atoms with Crippen molar-refractivity contribution in [3.8, 4) is 11.5 Å². The Kier molecular flexibility index (Phi) is 5.90. The third-order valence-electron chi connectivity index (χ3n) is 4.69. The lowest BCUT2D eigenvalue weighted by Gasteiger charge is -2.14. The average molecular weight is 488 g/mol. The highest BCUT2D eigenvalue weighted by molar-refractivity contribution is 9.10. The van der Waals surface area contributed by atoms with Gasteiger partial charge < -0.3 is 19.1 Å². The second-order valence-electron chi connectivity index (χ2n) is 6.82. The van der Waals surface area contributed by atoms with E-state index >= 15 is 0 Å². The second kappa shape index (κ2) is 8.77. The van der Waals surface area contributed by atoms with Gasteiger partial charge in [-0.05, 0) is 76.1 Å². The number of ether oxygens (including phenoxy) is 2. The highest BCUT2D eigenvalue weighted by Gasteiger charge is 2.11. The van der Waals surface area contributed by atoms with Crippen molar-refractivity contribution in [1.82, 2.24) is 4.57 Å². The van der Waals surface area contributed by atoms with Crippen molar-refractivity contribution in [2.75, 3.05) is 0 Å². The summed E-state index contributed by atoms with van der Waals surface area (Å²) in [6.07, 6.45) is 0.439. The van der Waals surface area contributed by atoms with Crippen LogP contribution in [0, 0.1) is 11.6 Å². The van der Waals surface area contributed by atoms with Gasteiger partial charge in [0.25, 0.3) is 0 Å². The van der Waals surface area contributed by atoms with Gasteiger partial charge in [0.1, 0.15) is 29.7 Å². The van der Waals surface area contributed by atoms with Crippen LogP contribution in [0.25, 0.3) is 10.9 Å². The Morgan fingerprint density at radius 3 is 2.65 bits per heavy atom. The predicted octanol–water partition coefficient (Wildman–Crippen LogP) is 6.37. The zero-order valence-electron chi connectivity index (χ0n) is 16.0. The molecule has 5 nitrogen and oxygen atoms in total. The summed E-state index contributed by atoms with van der Waals surface area (Å²) >= 11 is 3.15. The summed E-state index contributed by atoms with van der Waals surface area (Å²) in [5.41, 5.74) is 2.22. The zero-order chi connectivity index (χ0) is 22.0. The van der Waals surface area contributed by atoms with Gasteiger partial charge in [-0.2, -0.15) is 0 Å². The van der Waals surface area contributed by atoms with Gasteiger partial charge in [-0.1, -0.05) is 6.07 Å². The zero-order valence-corrected chi connectivity index (χ0v) is 17.6. The third kappa shape index (κ3) is 4.86. The van der Waals surface area contributed by atoms with Crippen molar-refractivity contribution in [2.45, 2.75) is 13.2 Å². The van der Waals surface area contributed by atoms with Gasteiger partial charge in [0.2, 0.25) is 0 Å². The fourth-order valence-electron chi connectivity index (χ4n) is 3.27. The van der Waals surface area contributed by atoms with Gasteiger partial charge in [0, 0.05) is 22.7 Å². The molecule has 0 aliphatic rings. The highest BCUT2D eigenvalue weighted by atomic mass is 79.9. The van der Waals surface area contributed by atoms with Gasteiger partial charge in [-0.25, -0.2) is 13.6 Å². The molecule has 3 aromatic carbocycles. The van der Waals surface area contributed by atoms with Gasteiger partial charge in [-0.15, -0.1) is 0 Å². The summed E-state index contributed by atoms with van der Waals surface area (Å²) in [6.45, 7) is 0.530. The van der Waals surface area contributed by atoms with E-state index in [1.54, 1.807) is 36.4 Å². The van der Waals surface area contributed by atoms with Crippen LogP contribution in [0.4, 0.5) is 13.6 Å². The molecule has 0 unspecified atom stereocenters. The normalized spacial score (nSPS) is 10.9. The Balaban J connectivity index is 1.57. The summed E-state index contributed by atoms with van der Waals surface area (Å²) in [5.74, 6) is -0.0179. The number of hydrogen-bond acceptors (Lipinski definition) is 3. The van der Waals surface area contributed by atoms with Crippen molar-refractivity contribution in [3.63, 3.8) is 0 Å². The standard InChI is InChI=1S/C23H16BrF2NO4/c24-19-9-14(1-4-20(19)26)13-30-22-6-2-17(25)10-16(22)12-27-8-7-15-11-18(31-23(28)29)3-5-21(15)27/h1-11H,12-13H2,(H,28,29). The van der Waals surface area contributed by atoms with Crippen molar-refractivity contribution < 1.29 is 28.2 Å². The maximum absolute atomic E-state index is 13.9. The number of halogens is 3.